The van der Waals surface area contributed by atoms with Gasteiger partial charge in [0.1, 0.15) is 6.54 Å². The molecule has 0 bridgehead atoms. The van der Waals surface area contributed by atoms with Crippen molar-refractivity contribution in [3.05, 3.63) is 11.4 Å². The average molecular weight is 254 g/mol. The lowest BCUT2D eigenvalue weighted by Gasteiger charge is -2.20. The first-order chi connectivity index (χ1) is 8.27. The number of esters is 1. The Labute approximate surface area is 105 Å². The number of carbonyl (C=O) groups excluding carboxylic acids is 2. The lowest BCUT2D eigenvalue weighted by atomic mass is 9.90. The van der Waals surface area contributed by atoms with Gasteiger partial charge in [-0.25, -0.2) is 9.48 Å². The summed E-state index contributed by atoms with van der Waals surface area (Å²) < 4.78 is 6.25. The van der Waals surface area contributed by atoms with E-state index in [1.165, 1.54) is 4.68 Å². The van der Waals surface area contributed by atoms with Gasteiger partial charge in [0.15, 0.2) is 5.69 Å². The van der Waals surface area contributed by atoms with Crippen LogP contribution in [-0.4, -0.2) is 33.5 Å². The zero-order valence-electron chi connectivity index (χ0n) is 11.1. The summed E-state index contributed by atoms with van der Waals surface area (Å²) in [7, 11) is 0. The van der Waals surface area contributed by atoms with Crippen LogP contribution < -0.4 is 5.73 Å². The van der Waals surface area contributed by atoms with Gasteiger partial charge in [-0.05, 0) is 6.92 Å². The Bertz CT molecular complexity index is 459. The van der Waals surface area contributed by atoms with Crippen molar-refractivity contribution in [1.29, 1.82) is 0 Å². The predicted molar refractivity (Wildman–Crippen MR) is 63.9 cm³/mol. The van der Waals surface area contributed by atoms with E-state index in [-0.39, 0.29) is 18.8 Å². The molecule has 0 aliphatic rings. The fourth-order valence-corrected chi connectivity index (χ4v) is 1.65. The second-order valence-electron chi connectivity index (χ2n) is 4.88. The number of nitrogens with two attached hydrogens (primary N) is 1. The summed E-state index contributed by atoms with van der Waals surface area (Å²) in [6, 6.07) is 0. The molecule has 1 rings (SSSR count). The van der Waals surface area contributed by atoms with E-state index in [2.05, 4.69) is 10.3 Å². The third-order valence-corrected chi connectivity index (χ3v) is 2.22. The molecule has 2 N–H and O–H groups in total. The number of primary amides is 1. The zero-order valence-corrected chi connectivity index (χ0v) is 11.1. The Kier molecular flexibility index (Phi) is 4.05. The lowest BCUT2D eigenvalue weighted by Crippen LogP contribution is -2.27. The van der Waals surface area contributed by atoms with Crippen LogP contribution in [-0.2, 0) is 21.5 Å². The molecule has 0 saturated heterocycles. The topological polar surface area (TPSA) is 100 Å². The standard InChI is InChI=1S/C11H18N4O3/c1-5-18-10(17)8-9(11(2,3)4)15(14-13-8)6-7(12)16/h5-6H2,1-4H3,(H2,12,16). The Balaban J connectivity index is 3.24. The van der Waals surface area contributed by atoms with E-state index in [1.54, 1.807) is 6.92 Å². The van der Waals surface area contributed by atoms with Crippen LogP contribution in [0.1, 0.15) is 43.9 Å². The second kappa shape index (κ2) is 5.16. The Morgan fingerprint density at radius 2 is 2.00 bits per heavy atom. The minimum Gasteiger partial charge on any atom is -0.461 e. The van der Waals surface area contributed by atoms with E-state index in [0.29, 0.717) is 5.69 Å². The van der Waals surface area contributed by atoms with Crippen molar-refractivity contribution in [3.63, 3.8) is 0 Å². The smallest absolute Gasteiger partial charge is 0.360 e. The molecular formula is C11H18N4O3. The van der Waals surface area contributed by atoms with Crippen molar-refractivity contribution in [3.8, 4) is 0 Å². The van der Waals surface area contributed by atoms with Gasteiger partial charge in [0, 0.05) is 5.41 Å². The van der Waals surface area contributed by atoms with Crippen LogP contribution in [0.5, 0.6) is 0 Å². The van der Waals surface area contributed by atoms with Crippen molar-refractivity contribution in [2.75, 3.05) is 6.61 Å². The number of aromatic nitrogens is 3. The number of amides is 1. The van der Waals surface area contributed by atoms with Crippen molar-refractivity contribution in [2.24, 2.45) is 5.73 Å². The molecule has 0 atom stereocenters. The highest BCUT2D eigenvalue weighted by Crippen LogP contribution is 2.25. The third-order valence-electron chi connectivity index (χ3n) is 2.22. The van der Waals surface area contributed by atoms with Gasteiger partial charge in [0.25, 0.3) is 0 Å². The molecular weight excluding hydrogens is 236 g/mol. The number of carbonyl (C=O) groups is 2. The minimum absolute atomic E-state index is 0.112. The van der Waals surface area contributed by atoms with E-state index in [9.17, 15) is 9.59 Å². The van der Waals surface area contributed by atoms with Gasteiger partial charge in [0.05, 0.1) is 12.3 Å². The molecule has 7 heteroatoms. The number of rotatable bonds is 4. The van der Waals surface area contributed by atoms with Crippen LogP contribution in [0.25, 0.3) is 0 Å². The molecule has 0 aliphatic carbocycles. The quantitative estimate of drug-likeness (QED) is 0.775. The van der Waals surface area contributed by atoms with E-state index < -0.39 is 17.3 Å². The zero-order chi connectivity index (χ0) is 13.9. The highest BCUT2D eigenvalue weighted by Gasteiger charge is 2.30. The molecule has 100 valence electrons. The van der Waals surface area contributed by atoms with Crippen LogP contribution in [0.4, 0.5) is 0 Å². The van der Waals surface area contributed by atoms with Gasteiger partial charge in [0.2, 0.25) is 5.91 Å². The fourth-order valence-electron chi connectivity index (χ4n) is 1.65. The van der Waals surface area contributed by atoms with Gasteiger partial charge in [-0.2, -0.15) is 0 Å². The van der Waals surface area contributed by atoms with Crippen LogP contribution in [0, 0.1) is 0 Å². The first-order valence-electron chi connectivity index (χ1n) is 5.66. The molecule has 0 fully saturated rings. The summed E-state index contributed by atoms with van der Waals surface area (Å²) >= 11 is 0. The summed E-state index contributed by atoms with van der Waals surface area (Å²) in [5.74, 6) is -1.08. The summed E-state index contributed by atoms with van der Waals surface area (Å²) in [6.07, 6.45) is 0. The van der Waals surface area contributed by atoms with Crippen molar-refractivity contribution < 1.29 is 14.3 Å². The van der Waals surface area contributed by atoms with Crippen molar-refractivity contribution in [1.82, 2.24) is 15.0 Å². The van der Waals surface area contributed by atoms with E-state index in [0.717, 1.165) is 0 Å². The molecule has 18 heavy (non-hydrogen) atoms. The van der Waals surface area contributed by atoms with Gasteiger partial charge in [-0.15, -0.1) is 5.10 Å². The maximum Gasteiger partial charge on any atom is 0.360 e. The van der Waals surface area contributed by atoms with Crippen molar-refractivity contribution in [2.45, 2.75) is 39.7 Å². The molecule has 0 radical (unpaired) electrons. The van der Waals surface area contributed by atoms with Gasteiger partial charge >= 0.3 is 5.97 Å². The molecule has 1 amide bonds. The molecule has 0 aromatic carbocycles. The summed E-state index contributed by atoms with van der Waals surface area (Å²) in [5, 5.41) is 7.58. The molecule has 1 aromatic heterocycles. The van der Waals surface area contributed by atoms with Crippen molar-refractivity contribution >= 4 is 11.9 Å². The molecule has 7 nitrogen and oxygen atoms in total. The fraction of sp³-hybridized carbons (Fsp3) is 0.636. The Hall–Kier alpha value is -1.92. The lowest BCUT2D eigenvalue weighted by molar-refractivity contribution is -0.118. The number of ether oxygens (including phenoxy) is 1. The highest BCUT2D eigenvalue weighted by atomic mass is 16.5. The highest BCUT2D eigenvalue weighted by molar-refractivity contribution is 5.88. The Morgan fingerprint density at radius 3 is 2.44 bits per heavy atom. The molecule has 0 unspecified atom stereocenters. The largest absolute Gasteiger partial charge is 0.461 e. The SMILES string of the molecule is CCOC(=O)c1nnn(CC(N)=O)c1C(C)(C)C. The molecule has 1 aromatic rings. The molecule has 1 heterocycles. The Morgan fingerprint density at radius 1 is 1.39 bits per heavy atom. The molecule has 0 saturated carbocycles. The normalized spacial score (nSPS) is 11.3. The predicted octanol–water partition coefficient (Wildman–Crippen LogP) is 0.238. The maximum atomic E-state index is 11.8. The minimum atomic E-state index is -0.543. The number of nitrogens with zero attached hydrogens (tertiary/aromatic N) is 3. The van der Waals surface area contributed by atoms with Gasteiger partial charge in [-0.3, -0.25) is 4.79 Å². The molecule has 0 spiro atoms. The van der Waals surface area contributed by atoms with Gasteiger partial charge in [-0.1, -0.05) is 26.0 Å². The summed E-state index contributed by atoms with van der Waals surface area (Å²) in [4.78, 5) is 22.7. The summed E-state index contributed by atoms with van der Waals surface area (Å²) in [6.45, 7) is 7.54. The first-order valence-corrected chi connectivity index (χ1v) is 5.66. The maximum absolute atomic E-state index is 11.8. The van der Waals surface area contributed by atoms with Crippen LogP contribution in [0.2, 0.25) is 0 Å². The second-order valence-corrected chi connectivity index (χ2v) is 4.88. The molecule has 0 aliphatic heterocycles. The van der Waals surface area contributed by atoms with Crippen LogP contribution in [0.15, 0.2) is 0 Å². The summed E-state index contributed by atoms with van der Waals surface area (Å²) in [5.41, 5.74) is 5.41. The monoisotopic (exact) mass is 254 g/mol. The van der Waals surface area contributed by atoms with Gasteiger partial charge < -0.3 is 10.5 Å². The van der Waals surface area contributed by atoms with E-state index in [4.69, 9.17) is 10.5 Å². The third kappa shape index (κ3) is 3.06. The first kappa shape index (κ1) is 14.1. The average Bonchev–Trinajstić information content (AvgIpc) is 2.60. The van der Waals surface area contributed by atoms with E-state index in [1.807, 2.05) is 20.8 Å². The van der Waals surface area contributed by atoms with E-state index >= 15 is 0 Å². The van der Waals surface area contributed by atoms with Crippen LogP contribution >= 0.6 is 0 Å². The van der Waals surface area contributed by atoms with Crippen LogP contribution in [0.3, 0.4) is 0 Å². The number of hydrogen-bond donors (Lipinski definition) is 1. The number of hydrogen-bond acceptors (Lipinski definition) is 5.